The second kappa shape index (κ2) is 10.4. The average molecular weight is 434 g/mol. The minimum atomic E-state index is -4.35. The van der Waals surface area contributed by atoms with E-state index in [2.05, 4.69) is 10.1 Å². The summed E-state index contributed by atoms with van der Waals surface area (Å²) in [4.78, 5) is 27.1. The highest BCUT2D eigenvalue weighted by molar-refractivity contribution is 5.89. The monoisotopic (exact) mass is 434 g/mol. The Bertz CT molecular complexity index is 870. The molecule has 31 heavy (non-hydrogen) atoms. The molecule has 0 saturated carbocycles. The quantitative estimate of drug-likeness (QED) is 0.680. The average Bonchev–Trinajstić information content (AvgIpc) is 2.75. The van der Waals surface area contributed by atoms with Gasteiger partial charge in [0, 0.05) is 19.5 Å². The standard InChI is InChI=1S/C23H25F3N2O3/c24-23(25,26)16-31-15-18-11-9-17(10-12-18)14-27-22(30)21(19-6-2-1-3-7-19)28-13-5-4-8-20(28)29/h1-3,6-7,9-12,21H,4-5,8,13-16H2,(H,27,30). The molecule has 2 aromatic carbocycles. The molecule has 166 valence electrons. The van der Waals surface area contributed by atoms with E-state index in [1.54, 1.807) is 29.2 Å². The molecule has 1 saturated heterocycles. The number of nitrogens with one attached hydrogen (secondary N) is 1. The zero-order valence-electron chi connectivity index (χ0n) is 17.0. The number of rotatable bonds is 8. The number of halogens is 3. The first-order valence-electron chi connectivity index (χ1n) is 10.2. The molecule has 0 aliphatic carbocycles. The first kappa shape index (κ1) is 22.8. The van der Waals surface area contributed by atoms with Crippen LogP contribution in [0.5, 0.6) is 0 Å². The van der Waals surface area contributed by atoms with Gasteiger partial charge in [-0.25, -0.2) is 0 Å². The first-order chi connectivity index (χ1) is 14.8. The number of benzene rings is 2. The highest BCUT2D eigenvalue weighted by atomic mass is 19.4. The summed E-state index contributed by atoms with van der Waals surface area (Å²) in [5.41, 5.74) is 2.16. The van der Waals surface area contributed by atoms with Crippen molar-refractivity contribution in [2.75, 3.05) is 13.2 Å². The van der Waals surface area contributed by atoms with Crippen LogP contribution in [0, 0.1) is 0 Å². The van der Waals surface area contributed by atoms with Crippen molar-refractivity contribution < 1.29 is 27.5 Å². The number of ether oxygens (including phenoxy) is 1. The summed E-state index contributed by atoms with van der Waals surface area (Å²) in [7, 11) is 0. The van der Waals surface area contributed by atoms with Crippen molar-refractivity contribution in [3.8, 4) is 0 Å². The first-order valence-corrected chi connectivity index (χ1v) is 10.2. The van der Waals surface area contributed by atoms with Crippen LogP contribution in [0.4, 0.5) is 13.2 Å². The molecule has 2 aromatic rings. The third-order valence-corrected chi connectivity index (χ3v) is 5.06. The molecule has 1 aliphatic heterocycles. The van der Waals surface area contributed by atoms with Gasteiger partial charge in [-0.3, -0.25) is 9.59 Å². The maximum atomic E-state index is 13.0. The third-order valence-electron chi connectivity index (χ3n) is 5.06. The van der Waals surface area contributed by atoms with Gasteiger partial charge in [-0.2, -0.15) is 13.2 Å². The van der Waals surface area contributed by atoms with Gasteiger partial charge < -0.3 is 15.0 Å². The van der Waals surface area contributed by atoms with Crippen LogP contribution in [0.25, 0.3) is 0 Å². The van der Waals surface area contributed by atoms with Gasteiger partial charge >= 0.3 is 6.18 Å². The molecule has 1 atom stereocenters. The smallest absolute Gasteiger partial charge is 0.367 e. The Morgan fingerprint density at radius 2 is 1.71 bits per heavy atom. The number of hydrogen-bond donors (Lipinski definition) is 1. The van der Waals surface area contributed by atoms with Crippen LogP contribution in [-0.4, -0.2) is 36.0 Å². The summed E-state index contributed by atoms with van der Waals surface area (Å²) in [6, 6.07) is 15.3. The van der Waals surface area contributed by atoms with Gasteiger partial charge in [0.1, 0.15) is 12.6 Å². The van der Waals surface area contributed by atoms with Gasteiger partial charge in [0.15, 0.2) is 0 Å². The minimum absolute atomic E-state index is 0.0292. The van der Waals surface area contributed by atoms with Crippen LogP contribution in [-0.2, 0) is 27.5 Å². The molecular formula is C23H25F3N2O3. The Morgan fingerprint density at radius 3 is 2.35 bits per heavy atom. The van der Waals surface area contributed by atoms with E-state index in [4.69, 9.17) is 0 Å². The zero-order chi connectivity index (χ0) is 22.3. The van der Waals surface area contributed by atoms with Gasteiger partial charge in [0.05, 0.1) is 6.61 Å². The van der Waals surface area contributed by atoms with Crippen molar-refractivity contribution in [2.45, 2.75) is 44.6 Å². The number of piperidine rings is 1. The van der Waals surface area contributed by atoms with Crippen LogP contribution in [0.15, 0.2) is 54.6 Å². The van der Waals surface area contributed by atoms with Crippen LogP contribution in [0.1, 0.15) is 42.0 Å². The van der Waals surface area contributed by atoms with Crippen LogP contribution >= 0.6 is 0 Å². The van der Waals surface area contributed by atoms with Gasteiger partial charge in [0.2, 0.25) is 11.8 Å². The number of alkyl halides is 3. The van der Waals surface area contributed by atoms with Crippen molar-refractivity contribution in [3.05, 3.63) is 71.3 Å². The van der Waals surface area contributed by atoms with Gasteiger partial charge in [-0.1, -0.05) is 54.6 Å². The highest BCUT2D eigenvalue weighted by Crippen LogP contribution is 2.26. The molecule has 5 nitrogen and oxygen atoms in total. The molecule has 0 spiro atoms. The lowest BCUT2D eigenvalue weighted by Gasteiger charge is -2.34. The van der Waals surface area contributed by atoms with E-state index in [0.29, 0.717) is 18.5 Å². The molecule has 2 amide bonds. The van der Waals surface area contributed by atoms with E-state index < -0.39 is 18.8 Å². The maximum absolute atomic E-state index is 13.0. The maximum Gasteiger partial charge on any atom is 0.411 e. The lowest BCUT2D eigenvalue weighted by atomic mass is 10.0. The van der Waals surface area contributed by atoms with E-state index in [0.717, 1.165) is 24.0 Å². The number of carbonyl (C=O) groups excluding carboxylic acids is 2. The molecule has 8 heteroatoms. The van der Waals surface area contributed by atoms with Crippen LogP contribution < -0.4 is 5.32 Å². The third kappa shape index (κ3) is 6.82. The summed E-state index contributed by atoms with van der Waals surface area (Å²) in [6.45, 7) is -0.646. The SMILES string of the molecule is O=C(NCc1ccc(COCC(F)(F)F)cc1)C(c1ccccc1)N1CCCCC1=O. The number of carbonyl (C=O) groups is 2. The van der Waals surface area contributed by atoms with Gasteiger partial charge in [-0.15, -0.1) is 0 Å². The summed E-state index contributed by atoms with van der Waals surface area (Å²) < 4.78 is 41.1. The Hall–Kier alpha value is -2.87. The lowest BCUT2D eigenvalue weighted by Crippen LogP contribution is -2.45. The summed E-state index contributed by atoms with van der Waals surface area (Å²) >= 11 is 0. The molecular weight excluding hydrogens is 409 g/mol. The highest BCUT2D eigenvalue weighted by Gasteiger charge is 2.32. The van der Waals surface area contributed by atoms with E-state index in [1.165, 1.54) is 0 Å². The normalized spacial score (nSPS) is 15.6. The Balaban J connectivity index is 1.61. The van der Waals surface area contributed by atoms with Crippen molar-refractivity contribution in [2.24, 2.45) is 0 Å². The number of nitrogens with zero attached hydrogens (tertiary/aromatic N) is 1. The summed E-state index contributed by atoms with van der Waals surface area (Å²) in [5, 5.41) is 2.89. The second-order valence-corrected chi connectivity index (χ2v) is 7.50. The predicted octanol–water partition coefficient (Wildman–Crippen LogP) is 4.14. The lowest BCUT2D eigenvalue weighted by molar-refractivity contribution is -0.176. The molecule has 1 fully saturated rings. The molecule has 1 unspecified atom stereocenters. The number of hydrogen-bond acceptors (Lipinski definition) is 3. The molecule has 0 aromatic heterocycles. The van der Waals surface area contributed by atoms with E-state index in [9.17, 15) is 22.8 Å². The van der Waals surface area contributed by atoms with Crippen LogP contribution in [0.3, 0.4) is 0 Å². The molecule has 1 aliphatic rings. The fourth-order valence-electron chi connectivity index (χ4n) is 3.53. The Morgan fingerprint density at radius 1 is 1.03 bits per heavy atom. The van der Waals surface area contributed by atoms with Gasteiger partial charge in [0.25, 0.3) is 0 Å². The van der Waals surface area contributed by atoms with Crippen molar-refractivity contribution in [3.63, 3.8) is 0 Å². The van der Waals surface area contributed by atoms with E-state index in [-0.39, 0.29) is 25.0 Å². The molecule has 1 N–H and O–H groups in total. The Labute approximate surface area is 179 Å². The fraction of sp³-hybridized carbons (Fsp3) is 0.391. The molecule has 0 bridgehead atoms. The van der Waals surface area contributed by atoms with Gasteiger partial charge in [-0.05, 0) is 29.5 Å². The number of likely N-dealkylation sites (tertiary alicyclic amines) is 1. The van der Waals surface area contributed by atoms with Crippen molar-refractivity contribution in [1.29, 1.82) is 0 Å². The Kier molecular flexibility index (Phi) is 7.68. The zero-order valence-corrected chi connectivity index (χ0v) is 17.0. The van der Waals surface area contributed by atoms with E-state index >= 15 is 0 Å². The number of amides is 2. The molecule has 0 radical (unpaired) electrons. The van der Waals surface area contributed by atoms with E-state index in [1.807, 2.05) is 30.3 Å². The minimum Gasteiger partial charge on any atom is -0.367 e. The van der Waals surface area contributed by atoms with Crippen LogP contribution in [0.2, 0.25) is 0 Å². The summed E-state index contributed by atoms with van der Waals surface area (Å²) in [6.07, 6.45) is -2.22. The van der Waals surface area contributed by atoms with Crippen molar-refractivity contribution in [1.82, 2.24) is 10.2 Å². The summed E-state index contributed by atoms with van der Waals surface area (Å²) in [5.74, 6) is -0.294. The topological polar surface area (TPSA) is 58.6 Å². The molecule has 1 heterocycles. The second-order valence-electron chi connectivity index (χ2n) is 7.50. The molecule has 3 rings (SSSR count). The predicted molar refractivity (Wildman–Crippen MR) is 109 cm³/mol. The fourth-order valence-corrected chi connectivity index (χ4v) is 3.53. The van der Waals surface area contributed by atoms with Crippen molar-refractivity contribution >= 4 is 11.8 Å². The largest absolute Gasteiger partial charge is 0.411 e.